The lowest BCUT2D eigenvalue weighted by atomic mass is 9.75. The van der Waals surface area contributed by atoms with Crippen LogP contribution in [0.3, 0.4) is 0 Å². The molecule has 278 valence electrons. The van der Waals surface area contributed by atoms with Crippen molar-refractivity contribution in [2.75, 3.05) is 31.8 Å². The number of Topliss-reactive ketones (excluding diaryl/α,β-unsaturated/α-hetero) is 1. The monoisotopic (exact) mass is 714 g/mol. The molecule has 1 saturated heterocycles. The first kappa shape index (κ1) is 39.7. The van der Waals surface area contributed by atoms with Gasteiger partial charge in [0.2, 0.25) is 5.78 Å². The number of hydrogen-bond donors (Lipinski definition) is 0. The van der Waals surface area contributed by atoms with E-state index >= 15 is 0 Å². The van der Waals surface area contributed by atoms with Crippen molar-refractivity contribution in [2.24, 2.45) is 5.41 Å². The van der Waals surface area contributed by atoms with Gasteiger partial charge in [0, 0.05) is 31.0 Å². The molecule has 2 heterocycles. The summed E-state index contributed by atoms with van der Waals surface area (Å²) in [4.78, 5) is 54.8. The van der Waals surface area contributed by atoms with Gasteiger partial charge in [-0.2, -0.15) is 5.10 Å². The van der Waals surface area contributed by atoms with Gasteiger partial charge in [0.15, 0.2) is 5.92 Å². The van der Waals surface area contributed by atoms with Crippen molar-refractivity contribution in [3.63, 3.8) is 0 Å². The van der Waals surface area contributed by atoms with Gasteiger partial charge in [-0.25, -0.2) is 9.48 Å². The van der Waals surface area contributed by atoms with Crippen LogP contribution in [0.1, 0.15) is 99.8 Å². The van der Waals surface area contributed by atoms with Crippen molar-refractivity contribution in [1.82, 2.24) is 9.78 Å². The topological polar surface area (TPSA) is 143 Å². The number of amides is 1. The molecule has 0 N–H and O–H groups in total. The summed E-state index contributed by atoms with van der Waals surface area (Å²) < 4.78 is 19.0. The van der Waals surface area contributed by atoms with Crippen LogP contribution >= 0.6 is 0 Å². The van der Waals surface area contributed by atoms with Gasteiger partial charge < -0.3 is 14.2 Å². The van der Waals surface area contributed by atoms with Crippen LogP contribution in [0.25, 0.3) is 0 Å². The van der Waals surface area contributed by atoms with Crippen LogP contribution in [-0.2, 0) is 31.8 Å². The Morgan fingerprint density at radius 2 is 1.96 bits per heavy atom. The molecule has 0 saturated carbocycles. The summed E-state index contributed by atoms with van der Waals surface area (Å²) in [5.74, 6) is -3.38. The zero-order valence-corrected chi connectivity index (χ0v) is 31.1. The van der Waals surface area contributed by atoms with E-state index < -0.39 is 34.4 Å². The minimum atomic E-state index is -1.72. The molecule has 2 unspecified atom stereocenters. The number of carbonyl (C=O) groups excluding carboxylic acids is 3. The van der Waals surface area contributed by atoms with E-state index in [0.717, 1.165) is 53.5 Å². The van der Waals surface area contributed by atoms with Gasteiger partial charge >= 0.3 is 12.1 Å². The number of anilines is 1. The van der Waals surface area contributed by atoms with Crippen LogP contribution in [-0.4, -0.2) is 59.4 Å². The van der Waals surface area contributed by atoms with Crippen LogP contribution in [0.2, 0.25) is 0 Å². The predicted octanol–water partition coefficient (Wildman–Crippen LogP) is 8.30. The molecule has 1 fully saturated rings. The standard InChI is InChI=1S/C40H50N4O8/c1-8-11-15-27(4)25-52-39(47)42(7)29-18-19-30(32(23-29)44(48)49)35(38(46)51-26-28(10-3)16-12-9-2)37(45)36-31-20-21-40(5,6)24-33(31)43(41-36)34-17-13-14-22-50-34/h8-12,15-16,18-19,23,34-35H,2,13-14,17,20-22,24-26H2,1,3-7H3/b11-8-,16-12-,27-15+,28-10+. The Morgan fingerprint density at radius 3 is 2.62 bits per heavy atom. The number of aromatic nitrogens is 2. The molecule has 1 aromatic carbocycles. The second kappa shape index (κ2) is 17.9. The fourth-order valence-electron chi connectivity index (χ4n) is 6.31. The number of rotatable bonds is 14. The number of hydrogen-bond acceptors (Lipinski definition) is 9. The molecule has 2 aromatic rings. The lowest BCUT2D eigenvalue weighted by molar-refractivity contribution is -0.385. The highest BCUT2D eigenvalue weighted by Crippen LogP contribution is 2.41. The molecule has 1 aromatic heterocycles. The van der Waals surface area contributed by atoms with E-state index in [9.17, 15) is 24.5 Å². The Labute approximate surface area is 305 Å². The number of ether oxygens (including phenoxy) is 3. The molecule has 2 aliphatic rings. The molecule has 0 radical (unpaired) electrons. The fourth-order valence-corrected chi connectivity index (χ4v) is 6.31. The zero-order valence-electron chi connectivity index (χ0n) is 31.1. The summed E-state index contributed by atoms with van der Waals surface area (Å²) in [7, 11) is 1.42. The number of nitro benzene ring substituents is 1. The third kappa shape index (κ3) is 9.61. The Kier molecular flexibility index (Phi) is 13.7. The highest BCUT2D eigenvalue weighted by atomic mass is 16.6. The molecular weight excluding hydrogens is 664 g/mol. The number of esters is 1. The summed E-state index contributed by atoms with van der Waals surface area (Å²) in [6, 6.07) is 3.92. The second-order valence-corrected chi connectivity index (χ2v) is 13.9. The van der Waals surface area contributed by atoms with E-state index in [1.54, 1.807) is 48.9 Å². The third-order valence-corrected chi connectivity index (χ3v) is 9.35. The lowest BCUT2D eigenvalue weighted by Gasteiger charge is -2.32. The van der Waals surface area contributed by atoms with Gasteiger partial charge in [0.05, 0.1) is 16.2 Å². The Hall–Kier alpha value is -5.10. The van der Waals surface area contributed by atoms with Crippen LogP contribution in [0.5, 0.6) is 0 Å². The highest BCUT2D eigenvalue weighted by Gasteiger charge is 2.42. The summed E-state index contributed by atoms with van der Waals surface area (Å²) in [5, 5.41) is 17.5. The molecule has 1 aliphatic heterocycles. The highest BCUT2D eigenvalue weighted by molar-refractivity contribution is 6.13. The first-order chi connectivity index (χ1) is 24.8. The van der Waals surface area contributed by atoms with Gasteiger partial charge in [0.1, 0.15) is 25.1 Å². The first-order valence-corrected chi connectivity index (χ1v) is 17.7. The van der Waals surface area contributed by atoms with Gasteiger partial charge in [-0.1, -0.05) is 63.0 Å². The van der Waals surface area contributed by atoms with Crippen LogP contribution in [0.4, 0.5) is 16.2 Å². The van der Waals surface area contributed by atoms with Gasteiger partial charge in [-0.05, 0) is 88.0 Å². The minimum absolute atomic E-state index is 0.0202. The third-order valence-electron chi connectivity index (χ3n) is 9.35. The van der Waals surface area contributed by atoms with E-state index in [4.69, 9.17) is 19.3 Å². The molecule has 0 spiro atoms. The fraction of sp³-hybridized carbons (Fsp3) is 0.450. The maximum absolute atomic E-state index is 14.8. The van der Waals surface area contributed by atoms with Crippen molar-refractivity contribution in [3.05, 3.63) is 111 Å². The SMILES string of the molecule is C=C/C=C\C(=C/C)COC(=O)C(C(=O)c1nn(C2CCCCO2)c2c1CCC(C)(C)C2)c1ccc(N(C)C(=O)OC/C(C)=C/C=C\C)cc1[N+](=O)[O-]. The van der Waals surface area contributed by atoms with Crippen LogP contribution < -0.4 is 4.90 Å². The van der Waals surface area contributed by atoms with E-state index in [0.29, 0.717) is 25.0 Å². The maximum Gasteiger partial charge on any atom is 0.414 e. The molecule has 2 atom stereocenters. The quantitative estimate of drug-likeness (QED) is 0.0471. The maximum atomic E-state index is 14.8. The molecule has 1 amide bonds. The molecule has 52 heavy (non-hydrogen) atoms. The smallest absolute Gasteiger partial charge is 0.414 e. The van der Waals surface area contributed by atoms with Crippen molar-refractivity contribution in [3.8, 4) is 0 Å². The number of ketones is 1. The molecule has 1 aliphatic carbocycles. The van der Waals surface area contributed by atoms with Crippen molar-refractivity contribution >= 4 is 29.2 Å². The van der Waals surface area contributed by atoms with Gasteiger partial charge in [0.25, 0.3) is 5.69 Å². The van der Waals surface area contributed by atoms with E-state index in [-0.39, 0.29) is 41.8 Å². The summed E-state index contributed by atoms with van der Waals surface area (Å²) >= 11 is 0. The molecule has 12 nitrogen and oxygen atoms in total. The van der Waals surface area contributed by atoms with Gasteiger partial charge in [-0.15, -0.1) is 0 Å². The number of allylic oxidation sites excluding steroid dienone is 6. The summed E-state index contributed by atoms with van der Waals surface area (Å²) in [5.41, 5.74) is 2.50. The Bertz CT molecular complexity index is 1790. The average molecular weight is 715 g/mol. The zero-order chi connectivity index (χ0) is 38.0. The van der Waals surface area contributed by atoms with E-state index in [2.05, 4.69) is 20.4 Å². The summed E-state index contributed by atoms with van der Waals surface area (Å²) in [6.07, 6.45) is 15.7. The largest absolute Gasteiger partial charge is 0.460 e. The number of nitro groups is 1. The van der Waals surface area contributed by atoms with E-state index in [1.807, 2.05) is 19.1 Å². The number of carbonyl (C=O) groups is 3. The average Bonchev–Trinajstić information content (AvgIpc) is 3.50. The predicted molar refractivity (Wildman–Crippen MR) is 199 cm³/mol. The second-order valence-electron chi connectivity index (χ2n) is 13.9. The van der Waals surface area contributed by atoms with Gasteiger partial charge in [-0.3, -0.25) is 24.6 Å². The van der Waals surface area contributed by atoms with Crippen molar-refractivity contribution in [2.45, 2.75) is 85.3 Å². The van der Waals surface area contributed by atoms with Crippen LogP contribution in [0.15, 0.2) is 78.5 Å². The molecule has 12 heteroatoms. The Balaban J connectivity index is 1.78. The number of nitrogens with zero attached hydrogens (tertiary/aromatic N) is 4. The van der Waals surface area contributed by atoms with Crippen LogP contribution in [0, 0.1) is 15.5 Å². The first-order valence-electron chi connectivity index (χ1n) is 17.7. The van der Waals surface area contributed by atoms with E-state index in [1.165, 1.54) is 19.2 Å². The number of fused-ring (bicyclic) bond motifs is 1. The molecule has 0 bridgehead atoms. The lowest BCUT2D eigenvalue weighted by Crippen LogP contribution is -2.29. The Morgan fingerprint density at radius 1 is 1.19 bits per heavy atom. The summed E-state index contributed by atoms with van der Waals surface area (Å²) in [6.45, 7) is 13.9. The van der Waals surface area contributed by atoms with Crippen molar-refractivity contribution < 1.29 is 33.5 Å². The minimum Gasteiger partial charge on any atom is -0.460 e. The number of benzene rings is 1. The molecular formula is C40H50N4O8. The normalized spacial score (nSPS) is 18.2. The molecule has 4 rings (SSSR count). The van der Waals surface area contributed by atoms with Crippen molar-refractivity contribution in [1.29, 1.82) is 0 Å².